The molecule has 0 aliphatic heterocycles. The summed E-state index contributed by atoms with van der Waals surface area (Å²) >= 11 is 0. The molecule has 2 aromatic heterocycles. The minimum Gasteiger partial charge on any atom is -0.488 e. The number of benzene rings is 6. The third-order valence-corrected chi connectivity index (χ3v) is 9.46. The zero-order valence-corrected chi connectivity index (χ0v) is 28.6. The lowest BCUT2D eigenvalue weighted by molar-refractivity contribution is 0.112. The summed E-state index contributed by atoms with van der Waals surface area (Å²) < 4.78 is 6.34. The monoisotopic (exact) mass is 677 g/mol. The van der Waals surface area contributed by atoms with Gasteiger partial charge in [0.1, 0.15) is 18.6 Å². The molecule has 7 heteroatoms. The molecule has 8 rings (SSSR count). The molecule has 0 aliphatic carbocycles. The van der Waals surface area contributed by atoms with Crippen LogP contribution in [-0.4, -0.2) is 31.5 Å². The molecule has 252 valence electrons. The number of carbonyl (C=O) groups excluding carboxylic acids is 1. The van der Waals surface area contributed by atoms with Gasteiger partial charge in [-0.15, -0.1) is 15.0 Å². The van der Waals surface area contributed by atoms with E-state index >= 15 is 0 Å². The maximum Gasteiger partial charge on any atom is 0.205 e. The molecule has 7 nitrogen and oxygen atoms in total. The van der Waals surface area contributed by atoms with Crippen molar-refractivity contribution in [2.24, 2.45) is 0 Å². The Hall–Kier alpha value is -6.73. The van der Waals surface area contributed by atoms with Crippen molar-refractivity contribution < 1.29 is 9.53 Å². The van der Waals surface area contributed by atoms with Gasteiger partial charge in [-0.3, -0.25) is 9.78 Å². The van der Waals surface area contributed by atoms with E-state index in [1.165, 1.54) is 0 Å². The molecule has 0 unspecified atom stereocenters. The van der Waals surface area contributed by atoms with Crippen LogP contribution in [0.2, 0.25) is 0 Å². The number of hydrogen-bond acceptors (Lipinski definition) is 6. The summed E-state index contributed by atoms with van der Waals surface area (Å²) in [5.41, 5.74) is 8.46. The van der Waals surface area contributed by atoms with Crippen molar-refractivity contribution in [3.05, 3.63) is 197 Å². The molecule has 0 spiro atoms. The fourth-order valence-electron chi connectivity index (χ4n) is 6.86. The molecule has 0 saturated heterocycles. The van der Waals surface area contributed by atoms with Gasteiger partial charge < -0.3 is 4.74 Å². The lowest BCUT2D eigenvalue weighted by Gasteiger charge is -2.34. The summed E-state index contributed by atoms with van der Waals surface area (Å²) in [6.07, 6.45) is 1.62. The van der Waals surface area contributed by atoms with E-state index in [0.29, 0.717) is 23.7 Å². The quantitative estimate of drug-likeness (QED) is 0.100. The van der Waals surface area contributed by atoms with Gasteiger partial charge >= 0.3 is 0 Å². The molecule has 0 radical (unpaired) electrons. The third kappa shape index (κ3) is 6.03. The molecule has 8 aromatic rings. The molecule has 0 bridgehead atoms. The van der Waals surface area contributed by atoms with Gasteiger partial charge in [0, 0.05) is 28.3 Å². The highest BCUT2D eigenvalue weighted by Crippen LogP contribution is 2.40. The standard InChI is InChI=1S/C45H35N5O2/c1-2-38-29-43(41-28-33(30-51)24-27-42(41)46-38)52-31-32-22-25-34(26-23-32)39-20-12-13-21-40(39)44-47-49-50(48-44)45(35-14-6-3-7-15-35,36-16-8-4-9-17-36)37-18-10-5-11-19-37/h3-30H,2,31H2,1H3. The summed E-state index contributed by atoms with van der Waals surface area (Å²) in [4.78, 5) is 17.9. The number of fused-ring (bicyclic) bond motifs is 1. The van der Waals surface area contributed by atoms with Crippen LogP contribution in [0.4, 0.5) is 0 Å². The fourth-order valence-corrected chi connectivity index (χ4v) is 6.86. The fraction of sp³-hybridized carbons (Fsp3) is 0.0889. The zero-order chi connectivity index (χ0) is 35.3. The van der Waals surface area contributed by atoms with E-state index in [9.17, 15) is 4.79 Å². The third-order valence-electron chi connectivity index (χ3n) is 9.46. The maximum atomic E-state index is 11.5. The van der Waals surface area contributed by atoms with Crippen LogP contribution in [-0.2, 0) is 18.6 Å². The molecule has 0 aliphatic rings. The molecular weight excluding hydrogens is 643 g/mol. The smallest absolute Gasteiger partial charge is 0.205 e. The first-order valence-electron chi connectivity index (χ1n) is 17.3. The Bertz CT molecular complexity index is 2370. The summed E-state index contributed by atoms with van der Waals surface area (Å²) in [6, 6.07) is 54.9. The highest BCUT2D eigenvalue weighted by molar-refractivity contribution is 5.91. The predicted molar refractivity (Wildman–Crippen MR) is 204 cm³/mol. The van der Waals surface area contributed by atoms with Crippen molar-refractivity contribution in [3.8, 4) is 28.3 Å². The lowest BCUT2D eigenvalue weighted by Crippen LogP contribution is -2.39. The van der Waals surface area contributed by atoms with Crippen LogP contribution in [0.3, 0.4) is 0 Å². The van der Waals surface area contributed by atoms with Gasteiger partial charge in [0.05, 0.1) is 5.52 Å². The molecule has 6 aromatic carbocycles. The number of tetrazole rings is 1. The minimum absolute atomic E-state index is 0.367. The van der Waals surface area contributed by atoms with Gasteiger partial charge in [-0.05, 0) is 63.2 Å². The van der Waals surface area contributed by atoms with Crippen LogP contribution in [0.25, 0.3) is 33.4 Å². The largest absolute Gasteiger partial charge is 0.488 e. The average Bonchev–Trinajstić information content (AvgIpc) is 3.72. The van der Waals surface area contributed by atoms with Crippen molar-refractivity contribution in [2.75, 3.05) is 0 Å². The second kappa shape index (κ2) is 14.2. The number of hydrogen-bond donors (Lipinski definition) is 0. The van der Waals surface area contributed by atoms with Gasteiger partial charge in [0.15, 0.2) is 5.54 Å². The average molecular weight is 678 g/mol. The van der Waals surface area contributed by atoms with Gasteiger partial charge in [0.25, 0.3) is 0 Å². The maximum absolute atomic E-state index is 11.5. The zero-order valence-electron chi connectivity index (χ0n) is 28.6. The molecule has 52 heavy (non-hydrogen) atoms. The molecule has 0 N–H and O–H groups in total. The van der Waals surface area contributed by atoms with Gasteiger partial charge in [0.2, 0.25) is 5.82 Å². The number of carbonyl (C=O) groups is 1. The second-order valence-electron chi connectivity index (χ2n) is 12.6. The first-order chi connectivity index (χ1) is 25.7. The first-order valence-corrected chi connectivity index (χ1v) is 17.3. The Morgan fingerprint density at radius 3 is 1.87 bits per heavy atom. The number of aldehydes is 1. The van der Waals surface area contributed by atoms with Crippen molar-refractivity contribution >= 4 is 17.2 Å². The molecule has 0 fully saturated rings. The Labute approximate surface area is 302 Å². The molecular formula is C45H35N5O2. The highest BCUT2D eigenvalue weighted by atomic mass is 16.5. The number of nitrogens with zero attached hydrogens (tertiary/aromatic N) is 5. The van der Waals surface area contributed by atoms with Crippen molar-refractivity contribution in [3.63, 3.8) is 0 Å². The number of aromatic nitrogens is 5. The van der Waals surface area contributed by atoms with E-state index in [-0.39, 0.29) is 0 Å². The van der Waals surface area contributed by atoms with Crippen LogP contribution >= 0.6 is 0 Å². The van der Waals surface area contributed by atoms with Crippen LogP contribution in [0, 0.1) is 0 Å². The van der Waals surface area contributed by atoms with E-state index < -0.39 is 5.54 Å². The SMILES string of the molecule is CCc1cc(OCc2ccc(-c3ccccc3-c3nnn(C(c4ccccc4)(c4ccccc4)c4ccccc4)n3)cc2)c2cc(C=O)ccc2n1. The van der Waals surface area contributed by atoms with Gasteiger partial charge in [-0.2, -0.15) is 0 Å². The van der Waals surface area contributed by atoms with Crippen LogP contribution < -0.4 is 4.74 Å². The van der Waals surface area contributed by atoms with Crippen LogP contribution in [0.5, 0.6) is 5.75 Å². The van der Waals surface area contributed by atoms with Crippen LogP contribution in [0.1, 0.15) is 45.2 Å². The Kier molecular flexibility index (Phi) is 8.90. The summed E-state index contributed by atoms with van der Waals surface area (Å²) in [6.45, 7) is 2.43. The Morgan fingerprint density at radius 1 is 0.673 bits per heavy atom. The van der Waals surface area contributed by atoms with E-state index in [2.05, 4.69) is 73.7 Å². The second-order valence-corrected chi connectivity index (χ2v) is 12.6. The minimum atomic E-state index is -0.863. The topological polar surface area (TPSA) is 82.8 Å². The molecule has 2 heterocycles. The first kappa shape index (κ1) is 32.5. The number of rotatable bonds is 11. The normalized spacial score (nSPS) is 11.4. The van der Waals surface area contributed by atoms with Crippen molar-refractivity contribution in [1.29, 1.82) is 0 Å². The molecule has 0 amide bonds. The summed E-state index contributed by atoms with van der Waals surface area (Å²) in [7, 11) is 0. The summed E-state index contributed by atoms with van der Waals surface area (Å²) in [5, 5.41) is 15.4. The van der Waals surface area contributed by atoms with E-state index in [4.69, 9.17) is 25.1 Å². The number of ether oxygens (including phenoxy) is 1. The Morgan fingerprint density at radius 2 is 1.27 bits per heavy atom. The molecule has 0 saturated carbocycles. The van der Waals surface area contributed by atoms with E-state index in [0.717, 1.165) is 68.2 Å². The van der Waals surface area contributed by atoms with Crippen molar-refractivity contribution in [1.82, 2.24) is 25.2 Å². The van der Waals surface area contributed by atoms with E-state index in [1.54, 1.807) is 10.9 Å². The lowest BCUT2D eigenvalue weighted by atomic mass is 9.77. The van der Waals surface area contributed by atoms with Crippen molar-refractivity contribution in [2.45, 2.75) is 25.5 Å². The van der Waals surface area contributed by atoms with Gasteiger partial charge in [-0.25, -0.2) is 0 Å². The highest BCUT2D eigenvalue weighted by Gasteiger charge is 2.41. The molecule has 0 atom stereocenters. The Balaban J connectivity index is 1.13. The van der Waals surface area contributed by atoms with Crippen LogP contribution in [0.15, 0.2) is 164 Å². The summed E-state index contributed by atoms with van der Waals surface area (Å²) in [5.74, 6) is 1.24. The number of pyridine rings is 1. The predicted octanol–water partition coefficient (Wildman–Crippen LogP) is 9.35. The number of aryl methyl sites for hydroxylation is 1. The van der Waals surface area contributed by atoms with Gasteiger partial charge in [-0.1, -0.05) is 146 Å². The van der Waals surface area contributed by atoms with E-state index in [1.807, 2.05) is 91.0 Å².